The number of amides is 2. The van der Waals surface area contributed by atoms with E-state index in [0.29, 0.717) is 18.8 Å². The zero-order valence-electron chi connectivity index (χ0n) is 11.7. The van der Waals surface area contributed by atoms with Crippen LogP contribution in [0.25, 0.3) is 0 Å². The number of aromatic amines is 1. The van der Waals surface area contributed by atoms with Gasteiger partial charge in [0.2, 0.25) is 0 Å². The van der Waals surface area contributed by atoms with Crippen LogP contribution in [0.2, 0.25) is 0 Å². The molecule has 0 bridgehead atoms. The van der Waals surface area contributed by atoms with Crippen molar-refractivity contribution in [3.63, 3.8) is 0 Å². The van der Waals surface area contributed by atoms with Crippen LogP contribution in [0, 0.1) is 6.92 Å². The number of esters is 1. The van der Waals surface area contributed by atoms with Gasteiger partial charge < -0.3 is 9.64 Å². The van der Waals surface area contributed by atoms with Crippen LogP contribution in [-0.2, 0) is 4.74 Å². The van der Waals surface area contributed by atoms with Gasteiger partial charge in [-0.05, 0) is 27.7 Å². The summed E-state index contributed by atoms with van der Waals surface area (Å²) in [6.07, 6.45) is 0. The second kappa shape index (κ2) is 6.77. The van der Waals surface area contributed by atoms with Gasteiger partial charge in [-0.15, -0.1) is 0 Å². The smallest absolute Gasteiger partial charge is 0.343 e. The number of carbonyl (C=O) groups excluding carboxylic acids is 2. The lowest BCUT2D eigenvalue weighted by atomic mass is 10.2. The molecule has 0 radical (unpaired) electrons. The van der Waals surface area contributed by atoms with Crippen LogP contribution >= 0.6 is 0 Å². The zero-order valence-corrected chi connectivity index (χ0v) is 11.7. The highest BCUT2D eigenvalue weighted by molar-refractivity contribution is 6.00. The number of rotatable bonds is 5. The molecule has 7 nitrogen and oxygen atoms in total. The number of ether oxygens (including phenoxy) is 1. The van der Waals surface area contributed by atoms with Crippen molar-refractivity contribution in [3.05, 3.63) is 11.3 Å². The number of urea groups is 1. The lowest BCUT2D eigenvalue weighted by molar-refractivity contribution is 0.0527. The van der Waals surface area contributed by atoms with E-state index >= 15 is 0 Å². The second-order valence-electron chi connectivity index (χ2n) is 3.90. The Morgan fingerprint density at radius 3 is 2.47 bits per heavy atom. The van der Waals surface area contributed by atoms with Gasteiger partial charge in [-0.2, -0.15) is 5.10 Å². The summed E-state index contributed by atoms with van der Waals surface area (Å²) in [6, 6.07) is -0.290. The van der Waals surface area contributed by atoms with E-state index in [2.05, 4.69) is 15.5 Å². The Kier molecular flexibility index (Phi) is 5.35. The van der Waals surface area contributed by atoms with Crippen molar-refractivity contribution in [2.75, 3.05) is 25.0 Å². The average Bonchev–Trinajstić information content (AvgIpc) is 2.72. The SMILES string of the molecule is CCOC(=O)c1c(NC(=O)N(CC)CC)n[nH]c1C. The summed E-state index contributed by atoms with van der Waals surface area (Å²) in [7, 11) is 0. The molecule has 0 saturated heterocycles. The van der Waals surface area contributed by atoms with E-state index in [9.17, 15) is 9.59 Å². The van der Waals surface area contributed by atoms with Gasteiger partial charge >= 0.3 is 12.0 Å². The van der Waals surface area contributed by atoms with Crippen molar-refractivity contribution in [2.45, 2.75) is 27.7 Å². The highest BCUT2D eigenvalue weighted by Gasteiger charge is 2.22. The maximum Gasteiger partial charge on any atom is 0.343 e. The van der Waals surface area contributed by atoms with Crippen molar-refractivity contribution in [1.82, 2.24) is 15.1 Å². The number of hydrogen-bond acceptors (Lipinski definition) is 4. The van der Waals surface area contributed by atoms with Crippen LogP contribution in [0.1, 0.15) is 36.8 Å². The quantitative estimate of drug-likeness (QED) is 0.797. The molecule has 19 heavy (non-hydrogen) atoms. The fraction of sp³-hybridized carbons (Fsp3) is 0.583. The van der Waals surface area contributed by atoms with Gasteiger partial charge in [-0.25, -0.2) is 9.59 Å². The number of aryl methyl sites for hydroxylation is 1. The summed E-state index contributed by atoms with van der Waals surface area (Å²) in [4.78, 5) is 25.3. The zero-order chi connectivity index (χ0) is 14.4. The second-order valence-corrected chi connectivity index (χ2v) is 3.90. The summed E-state index contributed by atoms with van der Waals surface area (Å²) in [6.45, 7) is 8.62. The van der Waals surface area contributed by atoms with E-state index in [1.54, 1.807) is 18.7 Å². The summed E-state index contributed by atoms with van der Waals surface area (Å²) in [5.41, 5.74) is 0.829. The normalized spacial score (nSPS) is 10.1. The van der Waals surface area contributed by atoms with Crippen molar-refractivity contribution >= 4 is 17.8 Å². The molecule has 0 aliphatic rings. The van der Waals surface area contributed by atoms with E-state index < -0.39 is 5.97 Å². The van der Waals surface area contributed by atoms with Gasteiger partial charge in [0.15, 0.2) is 5.82 Å². The first-order valence-electron chi connectivity index (χ1n) is 6.33. The van der Waals surface area contributed by atoms with Crippen LogP contribution in [0.15, 0.2) is 0 Å². The Hall–Kier alpha value is -2.05. The van der Waals surface area contributed by atoms with Gasteiger partial charge in [0, 0.05) is 18.8 Å². The molecule has 7 heteroatoms. The summed E-state index contributed by atoms with van der Waals surface area (Å²) in [5.74, 6) is -0.295. The number of H-pyrrole nitrogens is 1. The van der Waals surface area contributed by atoms with Crippen molar-refractivity contribution in [3.8, 4) is 0 Å². The molecule has 0 spiro atoms. The molecular weight excluding hydrogens is 248 g/mol. The molecule has 1 aromatic rings. The van der Waals surface area contributed by atoms with Crippen molar-refractivity contribution in [1.29, 1.82) is 0 Å². The Morgan fingerprint density at radius 2 is 1.95 bits per heavy atom. The predicted octanol–water partition coefficient (Wildman–Crippen LogP) is 1.77. The van der Waals surface area contributed by atoms with Crippen molar-refractivity contribution < 1.29 is 14.3 Å². The van der Waals surface area contributed by atoms with E-state index in [-0.39, 0.29) is 24.0 Å². The topological polar surface area (TPSA) is 87.3 Å². The molecule has 1 aromatic heterocycles. The molecule has 0 atom stereocenters. The molecule has 1 heterocycles. The van der Waals surface area contributed by atoms with Crippen LogP contribution < -0.4 is 5.32 Å². The lowest BCUT2D eigenvalue weighted by Crippen LogP contribution is -2.35. The molecule has 106 valence electrons. The minimum absolute atomic E-state index is 0.202. The Bertz CT molecular complexity index is 452. The first kappa shape index (κ1) is 15.0. The number of anilines is 1. The largest absolute Gasteiger partial charge is 0.462 e. The predicted molar refractivity (Wildman–Crippen MR) is 71.2 cm³/mol. The number of nitrogens with one attached hydrogen (secondary N) is 2. The average molecular weight is 268 g/mol. The fourth-order valence-corrected chi connectivity index (χ4v) is 1.66. The van der Waals surface area contributed by atoms with Crippen LogP contribution in [0.5, 0.6) is 0 Å². The molecule has 0 aromatic carbocycles. The molecule has 2 amide bonds. The third-order valence-electron chi connectivity index (χ3n) is 2.70. The van der Waals surface area contributed by atoms with E-state index in [4.69, 9.17) is 4.74 Å². The minimum atomic E-state index is -0.497. The molecule has 0 saturated carbocycles. The maximum atomic E-state index is 11.9. The first-order valence-corrected chi connectivity index (χ1v) is 6.33. The minimum Gasteiger partial charge on any atom is -0.462 e. The fourth-order valence-electron chi connectivity index (χ4n) is 1.66. The van der Waals surface area contributed by atoms with E-state index in [0.717, 1.165) is 0 Å². The molecule has 0 aliphatic carbocycles. The lowest BCUT2D eigenvalue weighted by Gasteiger charge is -2.18. The van der Waals surface area contributed by atoms with Gasteiger partial charge in [0.1, 0.15) is 5.56 Å². The number of carbonyl (C=O) groups is 2. The first-order chi connectivity index (χ1) is 9.04. The van der Waals surface area contributed by atoms with Gasteiger partial charge in [-0.3, -0.25) is 10.4 Å². The number of aromatic nitrogens is 2. The summed E-state index contributed by atoms with van der Waals surface area (Å²) >= 11 is 0. The Balaban J connectivity index is 2.90. The maximum absolute atomic E-state index is 11.9. The third kappa shape index (κ3) is 3.46. The molecule has 0 fully saturated rings. The monoisotopic (exact) mass is 268 g/mol. The molecule has 0 unspecified atom stereocenters. The highest BCUT2D eigenvalue weighted by Crippen LogP contribution is 2.17. The van der Waals surface area contributed by atoms with Gasteiger partial charge in [0.25, 0.3) is 0 Å². The van der Waals surface area contributed by atoms with Crippen molar-refractivity contribution in [2.24, 2.45) is 0 Å². The summed E-state index contributed by atoms with van der Waals surface area (Å²) in [5, 5.41) is 9.21. The highest BCUT2D eigenvalue weighted by atomic mass is 16.5. The summed E-state index contributed by atoms with van der Waals surface area (Å²) < 4.78 is 4.94. The number of nitrogens with zero attached hydrogens (tertiary/aromatic N) is 2. The van der Waals surface area contributed by atoms with Gasteiger partial charge in [0.05, 0.1) is 6.61 Å². The van der Waals surface area contributed by atoms with Crippen LogP contribution in [0.3, 0.4) is 0 Å². The third-order valence-corrected chi connectivity index (χ3v) is 2.70. The van der Waals surface area contributed by atoms with E-state index in [1.807, 2.05) is 13.8 Å². The van der Waals surface area contributed by atoms with E-state index in [1.165, 1.54) is 0 Å². The standard InChI is InChI=1S/C12H20N4O3/c1-5-16(6-2)12(18)13-10-9(8(4)14-15-10)11(17)19-7-3/h5-7H2,1-4H3,(H2,13,14,15,18). The molecule has 0 aliphatic heterocycles. The van der Waals surface area contributed by atoms with Crippen LogP contribution in [0.4, 0.5) is 10.6 Å². The Labute approximate surface area is 112 Å². The number of hydrogen-bond donors (Lipinski definition) is 2. The van der Waals surface area contributed by atoms with Crippen LogP contribution in [-0.4, -0.2) is 46.8 Å². The molecular formula is C12H20N4O3. The Morgan fingerprint density at radius 1 is 1.32 bits per heavy atom. The molecule has 1 rings (SSSR count). The molecule has 2 N–H and O–H groups in total. The van der Waals surface area contributed by atoms with Gasteiger partial charge in [-0.1, -0.05) is 0 Å².